The number of rotatable bonds is 3. The normalized spacial score (nSPS) is 12.5. The average Bonchev–Trinajstić information content (AvgIpc) is 2.40. The summed E-state index contributed by atoms with van der Waals surface area (Å²) in [6.45, 7) is 1.56. The molecule has 2 rings (SSSR count). The molecule has 0 fully saturated rings. The Morgan fingerprint density at radius 1 is 1.11 bits per heavy atom. The summed E-state index contributed by atoms with van der Waals surface area (Å²) in [5.41, 5.74) is 0.590. The summed E-state index contributed by atoms with van der Waals surface area (Å²) in [5, 5.41) is 2.80. The summed E-state index contributed by atoms with van der Waals surface area (Å²) < 4.78 is 40.8. The smallest absolute Gasteiger partial charge is 0.141 e. The van der Waals surface area contributed by atoms with E-state index in [2.05, 4.69) is 10.3 Å². The van der Waals surface area contributed by atoms with Gasteiger partial charge >= 0.3 is 0 Å². The van der Waals surface area contributed by atoms with Crippen molar-refractivity contribution in [2.45, 2.75) is 13.0 Å². The first kappa shape index (κ1) is 13.5. The van der Waals surface area contributed by atoms with Crippen molar-refractivity contribution in [1.29, 1.82) is 0 Å². The second-order valence-corrected chi connectivity index (χ2v) is 4.21. The molecule has 5 heteroatoms. The molecule has 0 bridgehead atoms. The summed E-state index contributed by atoms with van der Waals surface area (Å²) in [6.07, 6.45) is 1.02. The molecule has 0 aliphatic heterocycles. The van der Waals surface area contributed by atoms with Gasteiger partial charge in [0, 0.05) is 5.56 Å². The number of hydrogen-bond donors (Lipinski definition) is 1. The van der Waals surface area contributed by atoms with Crippen LogP contribution in [0.1, 0.15) is 22.9 Å². The molecule has 0 amide bonds. The molecule has 0 radical (unpaired) electrons. The van der Waals surface area contributed by atoms with Gasteiger partial charge in [-0.3, -0.25) is 4.98 Å². The van der Waals surface area contributed by atoms with Gasteiger partial charge in [-0.15, -0.1) is 0 Å². The Morgan fingerprint density at radius 2 is 1.84 bits per heavy atom. The van der Waals surface area contributed by atoms with Gasteiger partial charge in [0.15, 0.2) is 0 Å². The van der Waals surface area contributed by atoms with E-state index in [1.807, 2.05) is 0 Å². The number of benzene rings is 1. The Kier molecular flexibility index (Phi) is 3.85. The van der Waals surface area contributed by atoms with E-state index in [0.717, 1.165) is 6.20 Å². The van der Waals surface area contributed by atoms with E-state index >= 15 is 0 Å². The third-order valence-corrected chi connectivity index (χ3v) is 2.94. The van der Waals surface area contributed by atoms with Crippen molar-refractivity contribution in [1.82, 2.24) is 10.3 Å². The first-order valence-electron chi connectivity index (χ1n) is 5.77. The van der Waals surface area contributed by atoms with Crippen molar-refractivity contribution in [3.05, 3.63) is 64.7 Å². The molecule has 1 unspecified atom stereocenters. The maximum atomic E-state index is 14.1. The molecule has 0 saturated carbocycles. The highest BCUT2D eigenvalue weighted by Gasteiger charge is 2.22. The van der Waals surface area contributed by atoms with Gasteiger partial charge in [0.05, 0.1) is 17.9 Å². The van der Waals surface area contributed by atoms with Crippen LogP contribution in [-0.4, -0.2) is 12.0 Å². The molecule has 1 N–H and O–H groups in total. The fourth-order valence-corrected chi connectivity index (χ4v) is 1.94. The van der Waals surface area contributed by atoms with Crippen molar-refractivity contribution in [3.63, 3.8) is 0 Å². The zero-order valence-corrected chi connectivity index (χ0v) is 10.5. The van der Waals surface area contributed by atoms with Gasteiger partial charge in [0.25, 0.3) is 0 Å². The standard InChI is InChI=1S/C14H13F3N2/c1-8-3-5-10(16)12(13(8)17)14(18-2)11-6-4-9(15)7-19-11/h3-7,14,18H,1-2H3. The van der Waals surface area contributed by atoms with E-state index in [-0.39, 0.29) is 5.56 Å². The van der Waals surface area contributed by atoms with E-state index in [0.29, 0.717) is 11.3 Å². The number of nitrogens with zero attached hydrogens (tertiary/aromatic N) is 1. The van der Waals surface area contributed by atoms with Crippen LogP contribution < -0.4 is 5.32 Å². The summed E-state index contributed by atoms with van der Waals surface area (Å²) in [5.74, 6) is -1.78. The topological polar surface area (TPSA) is 24.9 Å². The summed E-state index contributed by atoms with van der Waals surface area (Å²) in [6, 6.07) is 4.43. The molecule has 1 aromatic heterocycles. The highest BCUT2D eigenvalue weighted by molar-refractivity contribution is 5.34. The van der Waals surface area contributed by atoms with Crippen molar-refractivity contribution < 1.29 is 13.2 Å². The predicted octanol–water partition coefficient (Wildman–Crippen LogP) is 3.12. The van der Waals surface area contributed by atoms with E-state index in [9.17, 15) is 13.2 Å². The molecule has 1 heterocycles. The number of hydrogen-bond acceptors (Lipinski definition) is 2. The van der Waals surface area contributed by atoms with Crippen LogP contribution in [0.4, 0.5) is 13.2 Å². The van der Waals surface area contributed by atoms with Crippen LogP contribution in [-0.2, 0) is 0 Å². The van der Waals surface area contributed by atoms with Crippen LogP contribution in [0.2, 0.25) is 0 Å². The Balaban J connectivity index is 2.54. The Hall–Kier alpha value is -1.88. The monoisotopic (exact) mass is 266 g/mol. The first-order valence-corrected chi connectivity index (χ1v) is 5.77. The van der Waals surface area contributed by atoms with E-state index in [1.165, 1.54) is 24.3 Å². The average molecular weight is 266 g/mol. The first-order chi connectivity index (χ1) is 9.04. The van der Waals surface area contributed by atoms with Gasteiger partial charge in [-0.1, -0.05) is 6.07 Å². The summed E-state index contributed by atoms with van der Waals surface area (Å²) in [4.78, 5) is 3.87. The molecule has 2 aromatic rings. The molecule has 0 spiro atoms. The molecule has 0 aliphatic rings. The highest BCUT2D eigenvalue weighted by atomic mass is 19.1. The molecule has 19 heavy (non-hydrogen) atoms. The Labute approximate surface area is 109 Å². The molecular weight excluding hydrogens is 253 g/mol. The van der Waals surface area contributed by atoms with Gasteiger partial charge in [-0.2, -0.15) is 0 Å². The van der Waals surface area contributed by atoms with Gasteiger partial charge in [-0.25, -0.2) is 13.2 Å². The minimum absolute atomic E-state index is 0.110. The van der Waals surface area contributed by atoms with Gasteiger partial charge in [-0.05, 0) is 37.7 Å². The number of aryl methyl sites for hydroxylation is 1. The lowest BCUT2D eigenvalue weighted by Gasteiger charge is -2.18. The number of pyridine rings is 1. The van der Waals surface area contributed by atoms with Crippen LogP contribution in [0.5, 0.6) is 0 Å². The fraction of sp³-hybridized carbons (Fsp3) is 0.214. The highest BCUT2D eigenvalue weighted by Crippen LogP contribution is 2.27. The summed E-state index contributed by atoms with van der Waals surface area (Å²) >= 11 is 0. The molecular formula is C14H13F3N2. The lowest BCUT2D eigenvalue weighted by atomic mass is 9.99. The molecule has 100 valence electrons. The molecule has 2 nitrogen and oxygen atoms in total. The summed E-state index contributed by atoms with van der Waals surface area (Å²) in [7, 11) is 1.57. The fourth-order valence-electron chi connectivity index (χ4n) is 1.94. The SMILES string of the molecule is CNC(c1ccc(F)cn1)c1c(F)ccc(C)c1F. The Bertz CT molecular complexity index is 582. The quantitative estimate of drug-likeness (QED) is 0.923. The maximum Gasteiger partial charge on any atom is 0.141 e. The second kappa shape index (κ2) is 5.40. The van der Waals surface area contributed by atoms with Crippen molar-refractivity contribution >= 4 is 0 Å². The molecule has 1 aromatic carbocycles. The number of halogens is 3. The van der Waals surface area contributed by atoms with E-state index < -0.39 is 23.5 Å². The van der Waals surface area contributed by atoms with Gasteiger partial charge in [0.1, 0.15) is 17.5 Å². The lowest BCUT2D eigenvalue weighted by Crippen LogP contribution is -2.22. The minimum atomic E-state index is -0.763. The third kappa shape index (κ3) is 2.61. The van der Waals surface area contributed by atoms with Crippen molar-refractivity contribution in [2.75, 3.05) is 7.05 Å². The zero-order valence-electron chi connectivity index (χ0n) is 10.5. The van der Waals surface area contributed by atoms with Crippen LogP contribution in [0.15, 0.2) is 30.5 Å². The second-order valence-electron chi connectivity index (χ2n) is 4.21. The predicted molar refractivity (Wildman–Crippen MR) is 66.2 cm³/mol. The molecule has 1 atom stereocenters. The van der Waals surface area contributed by atoms with Crippen LogP contribution >= 0.6 is 0 Å². The van der Waals surface area contributed by atoms with E-state index in [4.69, 9.17) is 0 Å². The minimum Gasteiger partial charge on any atom is -0.308 e. The Morgan fingerprint density at radius 3 is 2.42 bits per heavy atom. The third-order valence-electron chi connectivity index (χ3n) is 2.94. The van der Waals surface area contributed by atoms with Gasteiger partial charge in [0.2, 0.25) is 0 Å². The van der Waals surface area contributed by atoms with Crippen LogP contribution in [0.25, 0.3) is 0 Å². The maximum absolute atomic E-state index is 14.1. The van der Waals surface area contributed by atoms with Crippen LogP contribution in [0, 0.1) is 24.4 Å². The van der Waals surface area contributed by atoms with Crippen molar-refractivity contribution in [2.24, 2.45) is 0 Å². The van der Waals surface area contributed by atoms with Crippen molar-refractivity contribution in [3.8, 4) is 0 Å². The zero-order chi connectivity index (χ0) is 14.0. The van der Waals surface area contributed by atoms with Crippen LogP contribution in [0.3, 0.4) is 0 Å². The molecule has 0 aliphatic carbocycles. The van der Waals surface area contributed by atoms with E-state index in [1.54, 1.807) is 14.0 Å². The molecule has 0 saturated heterocycles. The number of aromatic nitrogens is 1. The number of nitrogens with one attached hydrogen (secondary N) is 1. The lowest BCUT2D eigenvalue weighted by molar-refractivity contribution is 0.512. The van der Waals surface area contributed by atoms with Gasteiger partial charge < -0.3 is 5.32 Å². The largest absolute Gasteiger partial charge is 0.308 e.